The van der Waals surface area contributed by atoms with Crippen molar-refractivity contribution in [2.45, 2.75) is 36.9 Å². The van der Waals surface area contributed by atoms with Crippen molar-refractivity contribution in [1.29, 1.82) is 0 Å². The van der Waals surface area contributed by atoms with Gasteiger partial charge in [-0.3, -0.25) is 0 Å². The SMILES string of the molecule is CNc1nnc(SCCCOc2ccc(C(C)(C)C)cc2)s1. The molecule has 2 aromatic rings. The molecule has 1 aromatic carbocycles. The van der Waals surface area contributed by atoms with E-state index in [1.807, 2.05) is 7.05 Å². The molecule has 0 radical (unpaired) electrons. The van der Waals surface area contributed by atoms with Gasteiger partial charge in [0, 0.05) is 12.8 Å². The Morgan fingerprint density at radius 2 is 1.91 bits per heavy atom. The van der Waals surface area contributed by atoms with Crippen molar-refractivity contribution in [3.05, 3.63) is 29.8 Å². The van der Waals surface area contributed by atoms with E-state index in [0.717, 1.165) is 34.0 Å². The second kappa shape index (κ2) is 7.83. The number of aromatic nitrogens is 2. The summed E-state index contributed by atoms with van der Waals surface area (Å²) in [6, 6.07) is 8.39. The monoisotopic (exact) mass is 337 g/mol. The maximum absolute atomic E-state index is 5.78. The van der Waals surface area contributed by atoms with Crippen LogP contribution in [-0.2, 0) is 5.41 Å². The van der Waals surface area contributed by atoms with Gasteiger partial charge in [-0.1, -0.05) is 56.0 Å². The van der Waals surface area contributed by atoms with E-state index in [9.17, 15) is 0 Å². The lowest BCUT2D eigenvalue weighted by molar-refractivity contribution is 0.318. The molecule has 1 aromatic heterocycles. The minimum absolute atomic E-state index is 0.184. The van der Waals surface area contributed by atoms with Gasteiger partial charge in [-0.05, 0) is 29.5 Å². The third-order valence-corrected chi connectivity index (χ3v) is 5.28. The Labute approximate surface area is 140 Å². The van der Waals surface area contributed by atoms with Crippen molar-refractivity contribution in [1.82, 2.24) is 10.2 Å². The van der Waals surface area contributed by atoms with E-state index < -0.39 is 0 Å². The lowest BCUT2D eigenvalue weighted by Crippen LogP contribution is -2.10. The highest BCUT2D eigenvalue weighted by atomic mass is 32.2. The zero-order valence-corrected chi connectivity index (χ0v) is 15.2. The van der Waals surface area contributed by atoms with Crippen LogP contribution in [0.1, 0.15) is 32.8 Å². The molecule has 0 atom stereocenters. The smallest absolute Gasteiger partial charge is 0.206 e. The minimum Gasteiger partial charge on any atom is -0.494 e. The standard InChI is InChI=1S/C16H23N3OS2/c1-16(2,3)12-6-8-13(9-7-12)20-10-5-11-21-15-19-18-14(17-4)22-15/h6-9H,5,10-11H2,1-4H3,(H,17,18). The number of rotatable bonds is 7. The van der Waals surface area contributed by atoms with Crippen LogP contribution in [0.5, 0.6) is 5.75 Å². The van der Waals surface area contributed by atoms with E-state index in [2.05, 4.69) is 60.6 Å². The van der Waals surface area contributed by atoms with Crippen LogP contribution in [0, 0.1) is 0 Å². The molecule has 0 aliphatic heterocycles. The topological polar surface area (TPSA) is 47.0 Å². The molecule has 0 saturated heterocycles. The molecular formula is C16H23N3OS2. The van der Waals surface area contributed by atoms with E-state index in [1.165, 1.54) is 5.56 Å². The highest BCUT2D eigenvalue weighted by Gasteiger charge is 2.12. The summed E-state index contributed by atoms with van der Waals surface area (Å²) in [6.45, 7) is 7.37. The summed E-state index contributed by atoms with van der Waals surface area (Å²) in [5, 5.41) is 12.0. The van der Waals surface area contributed by atoms with Crippen LogP contribution in [0.3, 0.4) is 0 Å². The molecule has 0 spiro atoms. The van der Waals surface area contributed by atoms with E-state index in [1.54, 1.807) is 23.1 Å². The van der Waals surface area contributed by atoms with Crippen LogP contribution in [0.4, 0.5) is 5.13 Å². The van der Waals surface area contributed by atoms with Crippen molar-refractivity contribution in [3.63, 3.8) is 0 Å². The third-order valence-electron chi connectivity index (χ3n) is 3.12. The van der Waals surface area contributed by atoms with E-state index in [4.69, 9.17) is 4.74 Å². The Morgan fingerprint density at radius 3 is 2.50 bits per heavy atom. The molecule has 1 N–H and O–H groups in total. The second-order valence-corrected chi connectivity index (χ2v) is 8.27. The number of hydrogen-bond acceptors (Lipinski definition) is 6. The van der Waals surface area contributed by atoms with Crippen molar-refractivity contribution in [2.24, 2.45) is 0 Å². The molecule has 0 unspecified atom stereocenters. The third kappa shape index (κ3) is 5.18. The fourth-order valence-corrected chi connectivity index (χ4v) is 3.52. The van der Waals surface area contributed by atoms with Crippen molar-refractivity contribution in [2.75, 3.05) is 24.7 Å². The van der Waals surface area contributed by atoms with Gasteiger partial charge in [-0.2, -0.15) is 0 Å². The molecule has 1 heterocycles. The first-order valence-electron chi connectivity index (χ1n) is 7.36. The molecule has 6 heteroatoms. The lowest BCUT2D eigenvalue weighted by Gasteiger charge is -2.19. The Morgan fingerprint density at radius 1 is 1.18 bits per heavy atom. The largest absolute Gasteiger partial charge is 0.494 e. The van der Waals surface area contributed by atoms with Gasteiger partial charge >= 0.3 is 0 Å². The first kappa shape index (κ1) is 17.1. The Balaban J connectivity index is 1.68. The van der Waals surface area contributed by atoms with Crippen LogP contribution in [0.15, 0.2) is 28.6 Å². The summed E-state index contributed by atoms with van der Waals surface area (Å²) in [5.41, 5.74) is 1.51. The highest BCUT2D eigenvalue weighted by molar-refractivity contribution is 8.01. The van der Waals surface area contributed by atoms with Gasteiger partial charge in [0.15, 0.2) is 4.34 Å². The van der Waals surface area contributed by atoms with Crippen LogP contribution < -0.4 is 10.1 Å². The molecule has 4 nitrogen and oxygen atoms in total. The number of hydrogen-bond donors (Lipinski definition) is 1. The van der Waals surface area contributed by atoms with Gasteiger partial charge in [-0.15, -0.1) is 10.2 Å². The van der Waals surface area contributed by atoms with Gasteiger partial charge in [0.1, 0.15) is 5.75 Å². The van der Waals surface area contributed by atoms with E-state index >= 15 is 0 Å². The molecule has 0 amide bonds. The van der Waals surface area contributed by atoms with Gasteiger partial charge < -0.3 is 10.1 Å². The lowest BCUT2D eigenvalue weighted by atomic mass is 9.87. The van der Waals surface area contributed by atoms with Gasteiger partial charge in [0.05, 0.1) is 6.61 Å². The number of ether oxygens (including phenoxy) is 1. The van der Waals surface area contributed by atoms with E-state index in [-0.39, 0.29) is 5.41 Å². The molecule has 0 fully saturated rings. The predicted molar refractivity (Wildman–Crippen MR) is 95.4 cm³/mol. The zero-order valence-electron chi connectivity index (χ0n) is 13.5. The molecule has 0 aliphatic rings. The number of nitrogens with zero attached hydrogens (tertiary/aromatic N) is 2. The molecule has 120 valence electrons. The molecule has 0 aliphatic carbocycles. The van der Waals surface area contributed by atoms with Gasteiger partial charge in [0.25, 0.3) is 0 Å². The number of benzene rings is 1. The molecule has 0 saturated carbocycles. The van der Waals surface area contributed by atoms with Crippen molar-refractivity contribution in [3.8, 4) is 5.75 Å². The van der Waals surface area contributed by atoms with Crippen LogP contribution >= 0.6 is 23.1 Å². The van der Waals surface area contributed by atoms with Crippen molar-refractivity contribution < 1.29 is 4.74 Å². The van der Waals surface area contributed by atoms with Gasteiger partial charge in [-0.25, -0.2) is 0 Å². The number of thioether (sulfide) groups is 1. The average molecular weight is 338 g/mol. The van der Waals surface area contributed by atoms with Crippen LogP contribution in [-0.4, -0.2) is 29.6 Å². The fraction of sp³-hybridized carbons (Fsp3) is 0.500. The number of nitrogens with one attached hydrogen (secondary N) is 1. The summed E-state index contributed by atoms with van der Waals surface area (Å²) in [5.74, 6) is 1.92. The first-order chi connectivity index (χ1) is 10.5. The zero-order chi connectivity index (χ0) is 16.0. The Kier molecular flexibility index (Phi) is 6.08. The fourth-order valence-electron chi connectivity index (χ4n) is 1.83. The Hall–Kier alpha value is -1.27. The second-order valence-electron chi connectivity index (χ2n) is 5.95. The van der Waals surface area contributed by atoms with Gasteiger partial charge in [0.2, 0.25) is 5.13 Å². The van der Waals surface area contributed by atoms with E-state index in [0.29, 0.717) is 0 Å². The molecule has 2 rings (SSSR count). The maximum Gasteiger partial charge on any atom is 0.206 e. The van der Waals surface area contributed by atoms with Crippen molar-refractivity contribution >= 4 is 28.2 Å². The average Bonchev–Trinajstić information content (AvgIpc) is 2.94. The quantitative estimate of drug-likeness (QED) is 0.598. The highest BCUT2D eigenvalue weighted by Crippen LogP contribution is 2.26. The maximum atomic E-state index is 5.78. The first-order valence-corrected chi connectivity index (χ1v) is 9.16. The molecular weight excluding hydrogens is 314 g/mol. The number of anilines is 1. The summed E-state index contributed by atoms with van der Waals surface area (Å²) >= 11 is 3.30. The predicted octanol–water partition coefficient (Wildman–Crippen LogP) is 4.44. The van der Waals surface area contributed by atoms with Crippen LogP contribution in [0.2, 0.25) is 0 Å². The summed E-state index contributed by atoms with van der Waals surface area (Å²) in [6.07, 6.45) is 0.986. The molecule has 22 heavy (non-hydrogen) atoms. The molecule has 0 bridgehead atoms. The Bertz CT molecular complexity index is 576. The summed E-state index contributed by atoms with van der Waals surface area (Å²) < 4.78 is 6.78. The minimum atomic E-state index is 0.184. The summed E-state index contributed by atoms with van der Waals surface area (Å²) in [7, 11) is 1.85. The van der Waals surface area contributed by atoms with Crippen LogP contribution in [0.25, 0.3) is 0 Å². The normalized spacial score (nSPS) is 11.5. The summed E-state index contributed by atoms with van der Waals surface area (Å²) in [4.78, 5) is 0.